The number of thioether (sulfide) groups is 1. The Morgan fingerprint density at radius 3 is 3.11 bits per heavy atom. The largest absolute Gasteiger partial charge is 0.388 e. The lowest BCUT2D eigenvalue weighted by Gasteiger charge is -2.29. The first kappa shape index (κ1) is 13.6. The first-order valence-electron chi connectivity index (χ1n) is 6.24. The van der Waals surface area contributed by atoms with Crippen molar-refractivity contribution < 1.29 is 0 Å². The van der Waals surface area contributed by atoms with Crippen molar-refractivity contribution in [1.29, 1.82) is 0 Å². The van der Waals surface area contributed by atoms with Gasteiger partial charge in [0.1, 0.15) is 4.99 Å². The van der Waals surface area contributed by atoms with E-state index in [9.17, 15) is 0 Å². The molecule has 1 aliphatic rings. The summed E-state index contributed by atoms with van der Waals surface area (Å²) in [6.07, 6.45) is 9.06. The van der Waals surface area contributed by atoms with Crippen molar-refractivity contribution >= 4 is 34.7 Å². The molecule has 0 amide bonds. The molecule has 0 saturated heterocycles. The standard InChI is InChI=1S/C13H19N3S2/c1-18-11-4-2-3-9(7-11)16-10-5-6-15-12(8-10)13(14)17/h5-6,8-9,11H,2-4,7H2,1H3,(H2,14,17)(H,15,16). The van der Waals surface area contributed by atoms with E-state index < -0.39 is 0 Å². The number of aromatic nitrogens is 1. The van der Waals surface area contributed by atoms with Crippen LogP contribution >= 0.6 is 24.0 Å². The highest BCUT2D eigenvalue weighted by molar-refractivity contribution is 7.99. The molecule has 2 atom stereocenters. The molecule has 3 nitrogen and oxygen atoms in total. The maximum Gasteiger partial charge on any atom is 0.122 e. The molecule has 0 spiro atoms. The Bertz CT molecular complexity index is 422. The minimum Gasteiger partial charge on any atom is -0.388 e. The third-order valence-electron chi connectivity index (χ3n) is 3.34. The minimum atomic E-state index is 0.351. The van der Waals surface area contributed by atoms with E-state index in [2.05, 4.69) is 16.6 Å². The second-order valence-electron chi connectivity index (χ2n) is 4.66. The third kappa shape index (κ3) is 3.59. The van der Waals surface area contributed by atoms with Gasteiger partial charge in [-0.2, -0.15) is 11.8 Å². The molecule has 1 heterocycles. The van der Waals surface area contributed by atoms with Crippen molar-refractivity contribution in [2.45, 2.75) is 37.0 Å². The fourth-order valence-corrected chi connectivity index (χ4v) is 3.32. The molecular weight excluding hydrogens is 262 g/mol. The maximum absolute atomic E-state index is 5.60. The third-order valence-corrected chi connectivity index (χ3v) is 4.65. The van der Waals surface area contributed by atoms with Crippen LogP contribution < -0.4 is 11.1 Å². The average molecular weight is 281 g/mol. The van der Waals surface area contributed by atoms with E-state index >= 15 is 0 Å². The van der Waals surface area contributed by atoms with Crippen LogP contribution in [-0.4, -0.2) is 27.5 Å². The van der Waals surface area contributed by atoms with E-state index in [0.717, 1.165) is 10.9 Å². The summed E-state index contributed by atoms with van der Waals surface area (Å²) in [5.74, 6) is 0. The number of anilines is 1. The molecule has 0 bridgehead atoms. The predicted molar refractivity (Wildman–Crippen MR) is 83.3 cm³/mol. The van der Waals surface area contributed by atoms with Crippen LogP contribution in [0.25, 0.3) is 0 Å². The highest BCUT2D eigenvalue weighted by atomic mass is 32.2. The second-order valence-corrected chi connectivity index (χ2v) is 6.24. The summed E-state index contributed by atoms with van der Waals surface area (Å²) >= 11 is 6.92. The Balaban J connectivity index is 2.00. The number of thiocarbonyl (C=S) groups is 1. The normalized spacial score (nSPS) is 23.6. The average Bonchev–Trinajstić information content (AvgIpc) is 2.39. The molecule has 2 unspecified atom stereocenters. The van der Waals surface area contributed by atoms with Crippen molar-refractivity contribution in [2.24, 2.45) is 5.73 Å². The number of nitrogens with two attached hydrogens (primary N) is 1. The quantitative estimate of drug-likeness (QED) is 0.831. The number of nitrogens with zero attached hydrogens (tertiary/aromatic N) is 1. The number of hydrogen-bond acceptors (Lipinski definition) is 4. The van der Waals surface area contributed by atoms with Crippen LogP contribution in [0.4, 0.5) is 5.69 Å². The Labute approximate surface area is 118 Å². The van der Waals surface area contributed by atoms with E-state index in [-0.39, 0.29) is 0 Å². The van der Waals surface area contributed by atoms with Crippen molar-refractivity contribution in [3.05, 3.63) is 24.0 Å². The molecule has 5 heteroatoms. The molecule has 1 aromatic heterocycles. The van der Waals surface area contributed by atoms with Gasteiger partial charge >= 0.3 is 0 Å². The first-order valence-corrected chi connectivity index (χ1v) is 7.94. The Kier molecular flexibility index (Phi) is 4.83. The van der Waals surface area contributed by atoms with E-state index in [0.29, 0.717) is 16.7 Å². The van der Waals surface area contributed by atoms with Crippen molar-refractivity contribution in [2.75, 3.05) is 11.6 Å². The van der Waals surface area contributed by atoms with E-state index in [1.54, 1.807) is 6.20 Å². The minimum absolute atomic E-state index is 0.351. The van der Waals surface area contributed by atoms with Gasteiger partial charge in [0.2, 0.25) is 0 Å². The van der Waals surface area contributed by atoms with Gasteiger partial charge in [-0.15, -0.1) is 0 Å². The van der Waals surface area contributed by atoms with Crippen molar-refractivity contribution in [3.63, 3.8) is 0 Å². The van der Waals surface area contributed by atoms with E-state index in [4.69, 9.17) is 18.0 Å². The van der Waals surface area contributed by atoms with Crippen molar-refractivity contribution in [3.8, 4) is 0 Å². The van der Waals surface area contributed by atoms with Gasteiger partial charge in [0.15, 0.2) is 0 Å². The van der Waals surface area contributed by atoms with E-state index in [1.807, 2.05) is 23.9 Å². The molecule has 1 aliphatic carbocycles. The summed E-state index contributed by atoms with van der Waals surface area (Å²) < 4.78 is 0. The van der Waals surface area contributed by atoms with Gasteiger partial charge in [-0.3, -0.25) is 4.98 Å². The van der Waals surface area contributed by atoms with Crippen LogP contribution in [0.5, 0.6) is 0 Å². The summed E-state index contributed by atoms with van der Waals surface area (Å²) in [5.41, 5.74) is 7.35. The highest BCUT2D eigenvalue weighted by Gasteiger charge is 2.21. The number of hydrogen-bond donors (Lipinski definition) is 2. The number of rotatable bonds is 4. The summed E-state index contributed by atoms with van der Waals surface area (Å²) in [7, 11) is 0. The lowest BCUT2D eigenvalue weighted by Crippen LogP contribution is -2.28. The van der Waals surface area contributed by atoms with Crippen LogP contribution in [0.15, 0.2) is 18.3 Å². The zero-order valence-electron chi connectivity index (χ0n) is 10.6. The zero-order chi connectivity index (χ0) is 13.0. The zero-order valence-corrected chi connectivity index (χ0v) is 12.2. The molecule has 0 radical (unpaired) electrons. The van der Waals surface area contributed by atoms with Crippen molar-refractivity contribution in [1.82, 2.24) is 4.98 Å². The molecule has 18 heavy (non-hydrogen) atoms. The monoisotopic (exact) mass is 281 g/mol. The molecule has 98 valence electrons. The number of pyridine rings is 1. The number of nitrogens with one attached hydrogen (secondary N) is 1. The smallest absolute Gasteiger partial charge is 0.122 e. The molecule has 3 N–H and O–H groups in total. The summed E-state index contributed by atoms with van der Waals surface area (Å²) in [6, 6.07) is 4.47. The molecule has 2 rings (SSSR count). The summed E-state index contributed by atoms with van der Waals surface area (Å²) in [6.45, 7) is 0. The molecule has 1 saturated carbocycles. The molecule has 0 aromatic carbocycles. The van der Waals surface area contributed by atoms with Crippen LogP contribution in [-0.2, 0) is 0 Å². The van der Waals surface area contributed by atoms with Crippen LogP contribution in [0, 0.1) is 0 Å². The van der Waals surface area contributed by atoms with Gasteiger partial charge < -0.3 is 11.1 Å². The first-order chi connectivity index (χ1) is 8.69. The van der Waals surface area contributed by atoms with Gasteiger partial charge in [-0.1, -0.05) is 18.6 Å². The lowest BCUT2D eigenvalue weighted by molar-refractivity contribution is 0.473. The molecule has 1 aromatic rings. The van der Waals surface area contributed by atoms with Crippen LogP contribution in [0.2, 0.25) is 0 Å². The topological polar surface area (TPSA) is 50.9 Å². The molecular formula is C13H19N3S2. The maximum atomic E-state index is 5.60. The van der Waals surface area contributed by atoms with Gasteiger partial charge in [0.05, 0.1) is 5.69 Å². The fraction of sp³-hybridized carbons (Fsp3) is 0.538. The SMILES string of the molecule is CSC1CCCC(Nc2ccnc(C(N)=S)c2)C1. The Hall–Kier alpha value is -0.810. The van der Waals surface area contributed by atoms with Crippen LogP contribution in [0.1, 0.15) is 31.4 Å². The predicted octanol–water partition coefficient (Wildman–Crippen LogP) is 2.80. The van der Waals surface area contributed by atoms with Gasteiger partial charge in [-0.05, 0) is 37.7 Å². The Morgan fingerprint density at radius 1 is 1.56 bits per heavy atom. The van der Waals surface area contributed by atoms with Gasteiger partial charge in [-0.25, -0.2) is 0 Å². The molecule has 0 aliphatic heterocycles. The lowest BCUT2D eigenvalue weighted by atomic mass is 9.95. The second kappa shape index (κ2) is 6.38. The Morgan fingerprint density at radius 2 is 2.39 bits per heavy atom. The highest BCUT2D eigenvalue weighted by Crippen LogP contribution is 2.28. The van der Waals surface area contributed by atoms with E-state index in [1.165, 1.54) is 25.7 Å². The van der Waals surface area contributed by atoms with Gasteiger partial charge in [0.25, 0.3) is 0 Å². The molecule has 1 fully saturated rings. The van der Waals surface area contributed by atoms with Crippen LogP contribution in [0.3, 0.4) is 0 Å². The summed E-state index contributed by atoms with van der Waals surface area (Å²) in [4.78, 5) is 4.50. The van der Waals surface area contributed by atoms with Gasteiger partial charge in [0, 0.05) is 23.2 Å². The fourth-order valence-electron chi connectivity index (χ4n) is 2.38. The summed E-state index contributed by atoms with van der Waals surface area (Å²) in [5, 5.41) is 4.36.